The van der Waals surface area contributed by atoms with Crippen molar-refractivity contribution in [1.82, 2.24) is 0 Å². The van der Waals surface area contributed by atoms with E-state index in [0.29, 0.717) is 0 Å². The minimum absolute atomic E-state index is 1.36. The molecule has 0 aromatic heterocycles. The molecule has 2 aromatic carbocycles. The molecule has 0 amide bonds. The first kappa shape index (κ1) is 20.2. The lowest BCUT2D eigenvalue weighted by molar-refractivity contribution is 1.73. The van der Waals surface area contributed by atoms with Crippen molar-refractivity contribution in [3.8, 4) is 0 Å². The van der Waals surface area contributed by atoms with Crippen LogP contribution in [0.1, 0.15) is 0 Å². The van der Waals surface area contributed by atoms with Crippen LogP contribution >= 0.6 is 22.2 Å². The number of benzene rings is 2. The molecular formula is C18H28Cl2Si4. The van der Waals surface area contributed by atoms with Crippen molar-refractivity contribution >= 4 is 60.6 Å². The van der Waals surface area contributed by atoms with Gasteiger partial charge in [0.25, 0.3) is 0 Å². The van der Waals surface area contributed by atoms with E-state index in [2.05, 4.69) is 99.9 Å². The first-order valence-electron chi connectivity index (χ1n) is 8.45. The third-order valence-corrected chi connectivity index (χ3v) is 82.9. The first-order valence-corrected chi connectivity index (χ1v) is 24.5. The molecule has 0 aliphatic heterocycles. The molecular weight excluding hydrogens is 399 g/mol. The molecule has 24 heavy (non-hydrogen) atoms. The molecule has 0 aliphatic carbocycles. The molecule has 0 N–H and O–H groups in total. The number of hydrogen-bond donors (Lipinski definition) is 0. The highest BCUT2D eigenvalue weighted by atomic mass is 35.6. The van der Waals surface area contributed by atoms with E-state index in [0.717, 1.165) is 0 Å². The van der Waals surface area contributed by atoms with Gasteiger partial charge >= 0.3 is 0 Å². The molecule has 0 radical (unpaired) electrons. The molecule has 0 saturated carbocycles. The van der Waals surface area contributed by atoms with Crippen molar-refractivity contribution in [2.45, 2.75) is 39.3 Å². The van der Waals surface area contributed by atoms with Crippen molar-refractivity contribution in [3.63, 3.8) is 0 Å². The lowest BCUT2D eigenvalue weighted by Crippen LogP contribution is -2.86. The summed E-state index contributed by atoms with van der Waals surface area (Å²) >= 11 is 15.1. The highest BCUT2D eigenvalue weighted by Gasteiger charge is 2.66. The predicted octanol–water partition coefficient (Wildman–Crippen LogP) is 5.08. The molecule has 0 nitrogen and oxygen atoms in total. The monoisotopic (exact) mass is 426 g/mol. The van der Waals surface area contributed by atoms with Gasteiger partial charge in [0.1, 0.15) is 0 Å². The zero-order valence-corrected chi connectivity index (χ0v) is 21.0. The summed E-state index contributed by atoms with van der Waals surface area (Å²) < 4.78 is 0. The molecule has 0 aliphatic rings. The van der Waals surface area contributed by atoms with Crippen LogP contribution in [-0.4, -0.2) is 28.0 Å². The van der Waals surface area contributed by atoms with Crippen LogP contribution in [0.3, 0.4) is 0 Å². The van der Waals surface area contributed by atoms with Crippen molar-refractivity contribution in [2.75, 3.05) is 0 Å². The number of rotatable bonds is 5. The van der Waals surface area contributed by atoms with Gasteiger partial charge in [-0.1, -0.05) is 99.9 Å². The standard InChI is InChI=1S/C18H28Cl2Si4/c1-21(2,3)24(6,22(4,19)17-13-9-7-10-14-17)23(5,20)18-15-11-8-12-16-18/h7-16H,1-6H3. The van der Waals surface area contributed by atoms with E-state index < -0.39 is 28.0 Å². The number of halogens is 2. The van der Waals surface area contributed by atoms with Gasteiger partial charge in [0, 0.05) is 7.59 Å². The van der Waals surface area contributed by atoms with Crippen LogP contribution in [-0.2, 0) is 0 Å². The van der Waals surface area contributed by atoms with E-state index in [1.807, 2.05) is 0 Å². The fourth-order valence-corrected chi connectivity index (χ4v) is 92.0. The van der Waals surface area contributed by atoms with E-state index in [9.17, 15) is 0 Å². The Bertz CT molecular complexity index is 628. The fraction of sp³-hybridized carbons (Fsp3) is 0.333. The summed E-state index contributed by atoms with van der Waals surface area (Å²) in [6.45, 7) is 8.44. The molecule has 0 saturated heterocycles. The molecule has 0 bridgehead atoms. The Hall–Kier alpha value is -0.112. The maximum atomic E-state index is 7.57. The third-order valence-electron chi connectivity index (χ3n) is 6.01. The van der Waals surface area contributed by atoms with Crippen molar-refractivity contribution in [2.24, 2.45) is 0 Å². The summed E-state index contributed by atoms with van der Waals surface area (Å²) in [6.07, 6.45) is 0. The smallest absolute Gasteiger partial charge is 0.165 e. The topological polar surface area (TPSA) is 0 Å². The van der Waals surface area contributed by atoms with Gasteiger partial charge in [-0.25, -0.2) is 0 Å². The Kier molecular flexibility index (Phi) is 5.80. The normalized spacial score (nSPS) is 19.8. The quantitative estimate of drug-likeness (QED) is 0.461. The number of hydrogen-bond acceptors (Lipinski definition) is 0. The summed E-state index contributed by atoms with van der Waals surface area (Å²) in [6, 6.07) is 21.6. The van der Waals surface area contributed by atoms with Gasteiger partial charge in [-0.3, -0.25) is 0 Å². The van der Waals surface area contributed by atoms with E-state index in [4.69, 9.17) is 22.2 Å². The fourth-order valence-electron chi connectivity index (χ4n) is 3.93. The Morgan fingerprint density at radius 2 is 0.833 bits per heavy atom. The average Bonchev–Trinajstić information content (AvgIpc) is 2.54. The predicted molar refractivity (Wildman–Crippen MR) is 122 cm³/mol. The molecule has 0 spiro atoms. The third kappa shape index (κ3) is 3.17. The molecule has 2 rings (SSSR count). The van der Waals surface area contributed by atoms with Gasteiger partial charge in [-0.2, -0.15) is 22.2 Å². The van der Waals surface area contributed by atoms with Crippen LogP contribution in [0.4, 0.5) is 0 Å². The van der Waals surface area contributed by atoms with Gasteiger partial charge in [-0.05, 0) is 10.4 Å². The van der Waals surface area contributed by atoms with Gasteiger partial charge < -0.3 is 0 Å². The molecule has 2 unspecified atom stereocenters. The second-order valence-electron chi connectivity index (χ2n) is 8.11. The lowest BCUT2D eigenvalue weighted by atomic mass is 10.4. The zero-order chi connectivity index (χ0) is 18.2. The highest BCUT2D eigenvalue weighted by molar-refractivity contribution is 8.02. The minimum atomic E-state index is -2.18. The Balaban J connectivity index is 2.73. The molecule has 0 heterocycles. The molecule has 6 heteroatoms. The van der Waals surface area contributed by atoms with Gasteiger partial charge in [-0.15, -0.1) is 0 Å². The van der Waals surface area contributed by atoms with Crippen LogP contribution < -0.4 is 10.4 Å². The summed E-state index contributed by atoms with van der Waals surface area (Å²) in [5.74, 6) is 0. The van der Waals surface area contributed by atoms with Gasteiger partial charge in [0.05, 0.1) is 6.63 Å². The summed E-state index contributed by atoms with van der Waals surface area (Å²) in [5, 5.41) is 2.72. The second-order valence-corrected chi connectivity index (χ2v) is 50.5. The molecule has 2 atom stereocenters. The average molecular weight is 428 g/mol. The van der Waals surface area contributed by atoms with Crippen LogP contribution in [0, 0.1) is 0 Å². The minimum Gasteiger partial charge on any atom is -0.165 e. The van der Waals surface area contributed by atoms with Crippen LogP contribution in [0.25, 0.3) is 0 Å². The van der Waals surface area contributed by atoms with Crippen molar-refractivity contribution < 1.29 is 0 Å². The van der Waals surface area contributed by atoms with Crippen LogP contribution in [0.15, 0.2) is 60.7 Å². The summed E-state index contributed by atoms with van der Waals surface area (Å²) in [5.41, 5.74) is 0. The van der Waals surface area contributed by atoms with Crippen molar-refractivity contribution in [3.05, 3.63) is 60.7 Å². The first-order chi connectivity index (χ1) is 11.0. The lowest BCUT2D eigenvalue weighted by Gasteiger charge is -2.54. The highest BCUT2D eigenvalue weighted by Crippen LogP contribution is 2.40. The Morgan fingerprint density at radius 1 is 0.542 bits per heavy atom. The van der Waals surface area contributed by atoms with Crippen molar-refractivity contribution in [1.29, 1.82) is 0 Å². The van der Waals surface area contributed by atoms with Gasteiger partial charge in [0.2, 0.25) is 0 Å². The van der Waals surface area contributed by atoms with E-state index in [1.54, 1.807) is 0 Å². The largest absolute Gasteiger partial charge is 0.170 e. The van der Waals surface area contributed by atoms with E-state index >= 15 is 0 Å². The van der Waals surface area contributed by atoms with E-state index in [1.165, 1.54) is 10.4 Å². The molecule has 0 fully saturated rings. The Morgan fingerprint density at radius 3 is 1.08 bits per heavy atom. The molecule has 2 aromatic rings. The van der Waals surface area contributed by atoms with Crippen LogP contribution in [0.2, 0.25) is 39.3 Å². The molecule has 130 valence electrons. The SMILES string of the molecule is C[Si](C)(C)[Si](C)([Si](C)(Cl)c1ccccc1)[Si](C)(Cl)c1ccccc1. The zero-order valence-electron chi connectivity index (χ0n) is 15.5. The van der Waals surface area contributed by atoms with Gasteiger partial charge in [0.15, 0.2) is 13.8 Å². The maximum absolute atomic E-state index is 7.57. The Labute approximate surface area is 160 Å². The second kappa shape index (κ2) is 6.89. The maximum Gasteiger partial charge on any atom is 0.170 e. The van der Waals surface area contributed by atoms with Crippen LogP contribution in [0.5, 0.6) is 0 Å². The van der Waals surface area contributed by atoms with E-state index in [-0.39, 0.29) is 0 Å². The summed E-state index contributed by atoms with van der Waals surface area (Å²) in [4.78, 5) is 0. The summed E-state index contributed by atoms with van der Waals surface area (Å²) in [7, 11) is -1.55.